The Morgan fingerprint density at radius 2 is 1.72 bits per heavy atom. The quantitative estimate of drug-likeness (QED) is 0.227. The maximum atomic E-state index is 14.0. The minimum atomic E-state index is -5.08. The number of alkyl halides is 3. The van der Waals surface area contributed by atoms with Gasteiger partial charge in [-0.1, -0.05) is 36.9 Å². The summed E-state index contributed by atoms with van der Waals surface area (Å²) in [5.74, 6) is -4.47. The Hall–Kier alpha value is -4.14. The molecule has 0 aliphatic heterocycles. The second kappa shape index (κ2) is 13.9. The van der Waals surface area contributed by atoms with E-state index in [-0.39, 0.29) is 40.8 Å². The molecule has 2 aromatic heterocycles. The van der Waals surface area contributed by atoms with Crippen LogP contribution in [0, 0.1) is 18.6 Å². The van der Waals surface area contributed by atoms with Crippen molar-refractivity contribution in [2.45, 2.75) is 63.8 Å². The molecule has 234 valence electrons. The molecule has 0 unspecified atom stereocenters. The number of aromatic nitrogens is 2. The summed E-state index contributed by atoms with van der Waals surface area (Å²) < 4.78 is 66.9. The SMILES string of the molecule is Cc1nc2c(OCc3c(F)cccc3F)cc(Cl)cn2c1C(=O)NCCC1(NC(=O)O)CCCCC1.O=C(O)C(F)(F)F. The standard InChI is InChI=1S/C25H27ClF2N4O4.C2HF3O2/c1-15-21(23(33)29-11-10-25(31-24(34)35)8-3-2-4-9-25)32-13-16(26)12-20(22(32)30-15)36-14-17-18(27)6-5-7-19(17)28;3-2(4,5)1(6)7/h5-7,12-13,31H,2-4,8-11,14H2,1H3,(H,29,33)(H,34,35);(H,6,7). The molecule has 2 heterocycles. The normalized spacial score (nSPS) is 14.4. The van der Waals surface area contributed by atoms with Crippen molar-refractivity contribution in [1.29, 1.82) is 0 Å². The number of halogens is 6. The molecule has 4 rings (SSSR count). The molecule has 1 saturated carbocycles. The number of nitrogens with one attached hydrogen (secondary N) is 2. The van der Waals surface area contributed by atoms with Crippen LogP contribution in [0.3, 0.4) is 0 Å². The van der Waals surface area contributed by atoms with Gasteiger partial charge in [0.1, 0.15) is 23.9 Å². The van der Waals surface area contributed by atoms with E-state index in [1.54, 1.807) is 6.92 Å². The lowest BCUT2D eigenvalue weighted by atomic mass is 9.79. The van der Waals surface area contributed by atoms with Gasteiger partial charge in [0.15, 0.2) is 11.4 Å². The van der Waals surface area contributed by atoms with Crippen molar-refractivity contribution in [3.8, 4) is 5.75 Å². The molecule has 16 heteroatoms. The van der Waals surface area contributed by atoms with E-state index >= 15 is 0 Å². The number of fused-ring (bicyclic) bond motifs is 1. The van der Waals surface area contributed by atoms with Gasteiger partial charge in [0.05, 0.1) is 16.3 Å². The molecule has 1 aliphatic rings. The monoisotopic (exact) mass is 634 g/mol. The Labute approximate surface area is 246 Å². The molecule has 0 spiro atoms. The smallest absolute Gasteiger partial charge is 0.485 e. The zero-order chi connectivity index (χ0) is 31.9. The van der Waals surface area contributed by atoms with Gasteiger partial charge in [0, 0.05) is 24.3 Å². The molecule has 0 radical (unpaired) electrons. The van der Waals surface area contributed by atoms with Crippen molar-refractivity contribution in [2.24, 2.45) is 0 Å². The number of carboxylic acids is 1. The maximum absolute atomic E-state index is 14.0. The largest absolute Gasteiger partial charge is 0.490 e. The third-order valence-electron chi connectivity index (χ3n) is 6.79. The number of rotatable bonds is 8. The molecule has 0 bridgehead atoms. The molecule has 0 atom stereocenters. The number of pyridine rings is 1. The van der Waals surface area contributed by atoms with Crippen molar-refractivity contribution in [3.63, 3.8) is 0 Å². The number of hydrogen-bond donors (Lipinski definition) is 4. The second-order valence-electron chi connectivity index (χ2n) is 9.83. The number of aliphatic carboxylic acids is 1. The summed E-state index contributed by atoms with van der Waals surface area (Å²) in [7, 11) is 0. The van der Waals surface area contributed by atoms with Crippen molar-refractivity contribution in [1.82, 2.24) is 20.0 Å². The van der Waals surface area contributed by atoms with Crippen molar-refractivity contribution < 1.29 is 51.3 Å². The number of carbonyl (C=O) groups is 3. The van der Waals surface area contributed by atoms with Crippen LogP contribution in [0.15, 0.2) is 30.5 Å². The highest BCUT2D eigenvalue weighted by Gasteiger charge is 2.38. The van der Waals surface area contributed by atoms with Gasteiger partial charge in [-0.05, 0) is 38.3 Å². The van der Waals surface area contributed by atoms with Crippen LogP contribution in [0.25, 0.3) is 5.65 Å². The summed E-state index contributed by atoms with van der Waals surface area (Å²) in [6.45, 7) is 1.54. The zero-order valence-electron chi connectivity index (χ0n) is 22.7. The molecule has 43 heavy (non-hydrogen) atoms. The Balaban J connectivity index is 0.000000646. The average molecular weight is 635 g/mol. The minimum absolute atomic E-state index is 0.166. The Kier molecular flexibility index (Phi) is 10.8. The molecule has 10 nitrogen and oxygen atoms in total. The van der Waals surface area contributed by atoms with E-state index < -0.39 is 41.3 Å². The molecule has 1 aromatic carbocycles. The van der Waals surface area contributed by atoms with E-state index in [2.05, 4.69) is 15.6 Å². The van der Waals surface area contributed by atoms with Crippen LogP contribution in [0.2, 0.25) is 5.02 Å². The molecular formula is C27H28ClF5N4O6. The number of carbonyl (C=O) groups excluding carboxylic acids is 1. The number of hydrogen-bond acceptors (Lipinski definition) is 5. The number of amides is 2. The third kappa shape index (κ3) is 8.69. The van der Waals surface area contributed by atoms with Gasteiger partial charge in [-0.25, -0.2) is 23.4 Å². The predicted molar refractivity (Wildman–Crippen MR) is 143 cm³/mol. The first-order chi connectivity index (χ1) is 20.1. The lowest BCUT2D eigenvalue weighted by Crippen LogP contribution is -2.51. The minimum Gasteiger partial charge on any atom is -0.485 e. The van der Waals surface area contributed by atoms with Crippen molar-refractivity contribution >= 4 is 35.2 Å². The van der Waals surface area contributed by atoms with E-state index in [1.807, 2.05) is 0 Å². The van der Waals surface area contributed by atoms with Crippen LogP contribution in [-0.2, 0) is 11.4 Å². The van der Waals surface area contributed by atoms with Crippen LogP contribution < -0.4 is 15.4 Å². The lowest BCUT2D eigenvalue weighted by molar-refractivity contribution is -0.192. The highest BCUT2D eigenvalue weighted by atomic mass is 35.5. The Bertz CT molecular complexity index is 1470. The lowest BCUT2D eigenvalue weighted by Gasteiger charge is -2.37. The summed E-state index contributed by atoms with van der Waals surface area (Å²) in [4.78, 5) is 37.7. The van der Waals surface area contributed by atoms with Gasteiger partial charge in [-0.3, -0.25) is 9.20 Å². The zero-order valence-corrected chi connectivity index (χ0v) is 23.5. The number of imidazole rings is 1. The predicted octanol–water partition coefficient (Wildman–Crippen LogP) is 5.88. The summed E-state index contributed by atoms with van der Waals surface area (Å²) in [5, 5.41) is 22.1. The fourth-order valence-corrected chi connectivity index (χ4v) is 4.98. The van der Waals surface area contributed by atoms with Crippen LogP contribution in [0.4, 0.5) is 26.7 Å². The summed E-state index contributed by atoms with van der Waals surface area (Å²) in [6, 6.07) is 5.01. The van der Waals surface area contributed by atoms with Gasteiger partial charge < -0.3 is 25.6 Å². The van der Waals surface area contributed by atoms with Gasteiger partial charge >= 0.3 is 18.2 Å². The maximum Gasteiger partial charge on any atom is 0.490 e. The molecule has 0 saturated heterocycles. The fraction of sp³-hybridized carbons (Fsp3) is 0.407. The molecule has 3 aromatic rings. The average Bonchev–Trinajstić information content (AvgIpc) is 3.23. The van der Waals surface area contributed by atoms with Gasteiger partial charge in [-0.15, -0.1) is 0 Å². The van der Waals surface area contributed by atoms with Gasteiger partial charge in [0.25, 0.3) is 5.91 Å². The van der Waals surface area contributed by atoms with Crippen LogP contribution in [0.5, 0.6) is 5.75 Å². The van der Waals surface area contributed by atoms with E-state index in [9.17, 15) is 36.6 Å². The fourth-order valence-electron chi connectivity index (χ4n) is 4.79. The third-order valence-corrected chi connectivity index (χ3v) is 7.00. The summed E-state index contributed by atoms with van der Waals surface area (Å²) in [6.07, 6.45) is 0.188. The molecule has 4 N–H and O–H groups in total. The van der Waals surface area contributed by atoms with Gasteiger partial charge in [-0.2, -0.15) is 13.2 Å². The first-order valence-electron chi connectivity index (χ1n) is 13.0. The Morgan fingerprint density at radius 3 is 2.28 bits per heavy atom. The van der Waals surface area contributed by atoms with E-state index in [0.29, 0.717) is 12.1 Å². The molecule has 2 amide bonds. The molecule has 1 aliphatic carbocycles. The van der Waals surface area contributed by atoms with E-state index in [1.165, 1.54) is 22.7 Å². The van der Waals surface area contributed by atoms with Gasteiger partial charge in [0.2, 0.25) is 0 Å². The molecule has 1 fully saturated rings. The number of aryl methyl sites for hydroxylation is 1. The number of benzene rings is 1. The Morgan fingerprint density at radius 1 is 1.12 bits per heavy atom. The summed E-state index contributed by atoms with van der Waals surface area (Å²) in [5.41, 5.74) is 0.127. The highest BCUT2D eigenvalue weighted by Crippen LogP contribution is 2.31. The number of carboxylic acid groups (broad SMARTS) is 2. The number of ether oxygens (including phenoxy) is 1. The number of nitrogens with zero attached hydrogens (tertiary/aromatic N) is 2. The van der Waals surface area contributed by atoms with Crippen LogP contribution >= 0.6 is 11.6 Å². The van der Waals surface area contributed by atoms with E-state index in [4.69, 9.17) is 26.2 Å². The highest BCUT2D eigenvalue weighted by molar-refractivity contribution is 6.30. The first kappa shape index (κ1) is 33.4. The van der Waals surface area contributed by atoms with Crippen LogP contribution in [0.1, 0.15) is 60.3 Å². The first-order valence-corrected chi connectivity index (χ1v) is 13.3. The van der Waals surface area contributed by atoms with E-state index in [0.717, 1.165) is 44.2 Å². The van der Waals surface area contributed by atoms with Crippen molar-refractivity contribution in [3.05, 3.63) is 64.1 Å². The second-order valence-corrected chi connectivity index (χ2v) is 10.3. The van der Waals surface area contributed by atoms with Crippen LogP contribution in [-0.4, -0.2) is 55.8 Å². The summed E-state index contributed by atoms with van der Waals surface area (Å²) >= 11 is 6.25. The molecular weight excluding hydrogens is 607 g/mol. The van der Waals surface area contributed by atoms with Crippen molar-refractivity contribution in [2.75, 3.05) is 6.54 Å². The topological polar surface area (TPSA) is 142 Å².